The average Bonchev–Trinajstić information content (AvgIpc) is 3.22. The normalized spacial score (nSPS) is 15.3. The lowest BCUT2D eigenvalue weighted by Gasteiger charge is -2.08. The molecule has 0 atom stereocenters. The molecule has 0 aliphatic heterocycles. The number of para-hydroxylation sites is 1. The molecule has 1 aliphatic rings. The Morgan fingerprint density at radius 1 is 1.26 bits per heavy atom. The molecule has 2 heteroatoms. The molecule has 1 fully saturated rings. The Balaban J connectivity index is 1.63. The highest BCUT2D eigenvalue weighted by atomic mass is 15.0. The van der Waals surface area contributed by atoms with Crippen LogP contribution in [0.3, 0.4) is 0 Å². The van der Waals surface area contributed by atoms with E-state index in [1.54, 1.807) is 0 Å². The van der Waals surface area contributed by atoms with Gasteiger partial charge in [-0.25, -0.2) is 0 Å². The van der Waals surface area contributed by atoms with Crippen LogP contribution in [0, 0.1) is 12.8 Å². The first-order valence-electron chi connectivity index (χ1n) is 7.51. The quantitative estimate of drug-likeness (QED) is 0.779. The van der Waals surface area contributed by atoms with E-state index in [1.165, 1.54) is 47.8 Å². The largest absolute Gasteiger partial charge is 0.346 e. The Bertz CT molecular complexity index is 525. The fourth-order valence-electron chi connectivity index (χ4n) is 3.02. The maximum absolute atomic E-state index is 3.61. The van der Waals surface area contributed by atoms with Gasteiger partial charge in [-0.05, 0) is 43.9 Å². The van der Waals surface area contributed by atoms with E-state index in [-0.39, 0.29) is 0 Å². The molecule has 3 rings (SSSR count). The van der Waals surface area contributed by atoms with Crippen LogP contribution >= 0.6 is 0 Å². The van der Waals surface area contributed by atoms with Crippen LogP contribution < -0.4 is 5.32 Å². The first-order valence-corrected chi connectivity index (χ1v) is 7.51. The highest BCUT2D eigenvalue weighted by Crippen LogP contribution is 2.33. The lowest BCUT2D eigenvalue weighted by molar-refractivity contribution is 0.582. The van der Waals surface area contributed by atoms with E-state index in [4.69, 9.17) is 0 Å². The topological polar surface area (TPSA) is 17.0 Å². The summed E-state index contributed by atoms with van der Waals surface area (Å²) >= 11 is 0. The summed E-state index contributed by atoms with van der Waals surface area (Å²) in [6, 6.07) is 8.68. The van der Waals surface area contributed by atoms with Gasteiger partial charge in [0.05, 0.1) is 0 Å². The molecule has 1 aromatic heterocycles. The van der Waals surface area contributed by atoms with Crippen molar-refractivity contribution in [1.29, 1.82) is 0 Å². The molecule has 0 saturated heterocycles. The van der Waals surface area contributed by atoms with Gasteiger partial charge in [-0.1, -0.05) is 31.0 Å². The lowest BCUT2D eigenvalue weighted by Crippen LogP contribution is -2.17. The van der Waals surface area contributed by atoms with Crippen LogP contribution in [-0.4, -0.2) is 11.1 Å². The Morgan fingerprint density at radius 3 is 2.79 bits per heavy atom. The van der Waals surface area contributed by atoms with Crippen molar-refractivity contribution in [2.45, 2.75) is 39.2 Å². The van der Waals surface area contributed by atoms with Gasteiger partial charge in [0.1, 0.15) is 0 Å². The smallest absolute Gasteiger partial charge is 0.0483 e. The summed E-state index contributed by atoms with van der Waals surface area (Å²) in [5, 5.41) is 5.00. The van der Waals surface area contributed by atoms with Crippen LogP contribution in [0.2, 0.25) is 0 Å². The molecule has 102 valence electrons. The van der Waals surface area contributed by atoms with Gasteiger partial charge in [-0.3, -0.25) is 0 Å². The van der Waals surface area contributed by atoms with Crippen LogP contribution in [0.1, 0.15) is 36.9 Å². The number of aromatic nitrogens is 1. The number of aryl methyl sites for hydroxylation is 2. The standard InChI is InChI=1S/C17H24N2/c1-13-15-7-3-4-8-16(15)19(2)17(13)12-18-11-5-6-14-9-10-14/h3-4,7-8,14,18H,5-6,9-12H2,1-2H3. The van der Waals surface area contributed by atoms with E-state index in [0.29, 0.717) is 0 Å². The number of nitrogens with one attached hydrogen (secondary N) is 1. The number of rotatable bonds is 6. The third kappa shape index (κ3) is 2.69. The zero-order chi connectivity index (χ0) is 13.2. The predicted molar refractivity (Wildman–Crippen MR) is 81.3 cm³/mol. The monoisotopic (exact) mass is 256 g/mol. The summed E-state index contributed by atoms with van der Waals surface area (Å²) in [7, 11) is 2.18. The Labute approximate surface area is 115 Å². The fourth-order valence-corrected chi connectivity index (χ4v) is 3.02. The van der Waals surface area contributed by atoms with Crippen LogP contribution in [0.15, 0.2) is 24.3 Å². The summed E-state index contributed by atoms with van der Waals surface area (Å²) < 4.78 is 2.33. The molecule has 1 heterocycles. The molecule has 2 nitrogen and oxygen atoms in total. The molecule has 0 amide bonds. The van der Waals surface area contributed by atoms with E-state index in [1.807, 2.05) is 0 Å². The Morgan fingerprint density at radius 2 is 2.05 bits per heavy atom. The lowest BCUT2D eigenvalue weighted by atomic mass is 10.1. The van der Waals surface area contributed by atoms with Crippen molar-refractivity contribution in [1.82, 2.24) is 9.88 Å². The van der Waals surface area contributed by atoms with Crippen LogP contribution in [0.25, 0.3) is 10.9 Å². The van der Waals surface area contributed by atoms with Gasteiger partial charge in [-0.15, -0.1) is 0 Å². The number of fused-ring (bicyclic) bond motifs is 1. The minimum Gasteiger partial charge on any atom is -0.346 e. The molecule has 1 N–H and O–H groups in total. The molecule has 0 radical (unpaired) electrons. The van der Waals surface area contributed by atoms with Crippen molar-refractivity contribution in [3.63, 3.8) is 0 Å². The van der Waals surface area contributed by atoms with Crippen molar-refractivity contribution in [3.05, 3.63) is 35.5 Å². The van der Waals surface area contributed by atoms with Crippen molar-refractivity contribution >= 4 is 10.9 Å². The van der Waals surface area contributed by atoms with Gasteiger partial charge in [0.2, 0.25) is 0 Å². The van der Waals surface area contributed by atoms with Crippen molar-refractivity contribution < 1.29 is 0 Å². The van der Waals surface area contributed by atoms with Crippen molar-refractivity contribution in [3.8, 4) is 0 Å². The van der Waals surface area contributed by atoms with E-state index in [2.05, 4.69) is 48.1 Å². The maximum atomic E-state index is 3.61. The highest BCUT2D eigenvalue weighted by Gasteiger charge is 2.19. The molecular formula is C17H24N2. The van der Waals surface area contributed by atoms with Gasteiger partial charge in [0.25, 0.3) is 0 Å². The minimum absolute atomic E-state index is 0.988. The summed E-state index contributed by atoms with van der Waals surface area (Å²) in [6.07, 6.45) is 5.69. The number of benzene rings is 1. The summed E-state index contributed by atoms with van der Waals surface area (Å²) in [4.78, 5) is 0. The molecule has 19 heavy (non-hydrogen) atoms. The molecule has 1 aromatic carbocycles. The summed E-state index contributed by atoms with van der Waals surface area (Å²) in [5.74, 6) is 1.06. The predicted octanol–water partition coefficient (Wildman–Crippen LogP) is 3.77. The summed E-state index contributed by atoms with van der Waals surface area (Å²) in [6.45, 7) is 4.38. The molecule has 0 bridgehead atoms. The first kappa shape index (κ1) is 12.7. The molecule has 1 saturated carbocycles. The molecule has 0 spiro atoms. The van der Waals surface area contributed by atoms with Crippen molar-refractivity contribution in [2.75, 3.05) is 6.54 Å². The fraction of sp³-hybridized carbons (Fsp3) is 0.529. The maximum Gasteiger partial charge on any atom is 0.0483 e. The van der Waals surface area contributed by atoms with Gasteiger partial charge in [0, 0.05) is 30.2 Å². The van der Waals surface area contributed by atoms with Gasteiger partial charge in [0.15, 0.2) is 0 Å². The first-order chi connectivity index (χ1) is 9.27. The Hall–Kier alpha value is -1.28. The second-order valence-electron chi connectivity index (χ2n) is 5.91. The number of nitrogens with zero attached hydrogens (tertiary/aromatic N) is 1. The minimum atomic E-state index is 0.988. The molecule has 0 unspecified atom stereocenters. The van der Waals surface area contributed by atoms with E-state index in [0.717, 1.165) is 19.0 Å². The Kier molecular flexibility index (Phi) is 3.61. The second kappa shape index (κ2) is 5.38. The van der Waals surface area contributed by atoms with Crippen LogP contribution in [0.4, 0.5) is 0 Å². The number of hydrogen-bond donors (Lipinski definition) is 1. The summed E-state index contributed by atoms with van der Waals surface area (Å²) in [5.41, 5.74) is 4.19. The van der Waals surface area contributed by atoms with E-state index in [9.17, 15) is 0 Å². The van der Waals surface area contributed by atoms with Crippen LogP contribution in [0.5, 0.6) is 0 Å². The zero-order valence-corrected chi connectivity index (χ0v) is 12.1. The van der Waals surface area contributed by atoms with Gasteiger partial charge < -0.3 is 9.88 Å². The van der Waals surface area contributed by atoms with Gasteiger partial charge in [-0.2, -0.15) is 0 Å². The zero-order valence-electron chi connectivity index (χ0n) is 12.1. The average molecular weight is 256 g/mol. The molecule has 2 aromatic rings. The van der Waals surface area contributed by atoms with E-state index < -0.39 is 0 Å². The molecular weight excluding hydrogens is 232 g/mol. The highest BCUT2D eigenvalue weighted by molar-refractivity contribution is 5.85. The van der Waals surface area contributed by atoms with E-state index >= 15 is 0 Å². The number of hydrogen-bond acceptors (Lipinski definition) is 1. The molecule has 1 aliphatic carbocycles. The second-order valence-corrected chi connectivity index (χ2v) is 5.91. The SMILES string of the molecule is Cc1c(CNCCCC2CC2)n(C)c2ccccc12. The van der Waals surface area contributed by atoms with Crippen molar-refractivity contribution in [2.24, 2.45) is 13.0 Å². The third-order valence-electron chi connectivity index (χ3n) is 4.46. The third-order valence-corrected chi connectivity index (χ3v) is 4.46. The van der Waals surface area contributed by atoms with Crippen LogP contribution in [-0.2, 0) is 13.6 Å². The van der Waals surface area contributed by atoms with Gasteiger partial charge >= 0.3 is 0 Å².